The van der Waals surface area contributed by atoms with Crippen molar-refractivity contribution in [3.8, 4) is 0 Å². The van der Waals surface area contributed by atoms with Gasteiger partial charge in [-0.05, 0) is 67.6 Å². The minimum absolute atomic E-state index is 0.459. The van der Waals surface area contributed by atoms with E-state index in [9.17, 15) is 0 Å². The van der Waals surface area contributed by atoms with Crippen LogP contribution < -0.4 is 0 Å². The number of hydrogen-bond donors (Lipinski definition) is 0. The van der Waals surface area contributed by atoms with Crippen LogP contribution in [0, 0.1) is 16.2 Å². The molecule has 0 saturated carbocycles. The lowest BCUT2D eigenvalue weighted by Crippen LogP contribution is -2.54. The van der Waals surface area contributed by atoms with Crippen LogP contribution in [0.1, 0.15) is 659 Å². The first-order valence-electron chi connectivity index (χ1n) is 52.0. The fourth-order valence-electron chi connectivity index (χ4n) is 20.5. The summed E-state index contributed by atoms with van der Waals surface area (Å²) < 4.78 is 0. The third-order valence-corrected chi connectivity index (χ3v) is 27.5. The molecule has 3 unspecified atom stereocenters. The summed E-state index contributed by atoms with van der Waals surface area (Å²) in [5, 5.41) is 0. The standard InChI is InChI=1S/C105H212/c1-9-17-25-33-39-44-48-52-55-57-59-61-63-66-69-73-76-81-89-97-103(95-87-32-24-16-8,96-88-80-31-23-15-7)105(101-93-85-38-30-22-14-6,102-94-86-79-43-37-29-21-13-5)104(98-90-82-75-71-67-51-47-42-36-28-20-12-4,99-91-83-77-72-68-64-54-50-46-41-35-27-19-11-3)100-92-84-78-74-70-65-62-60-58-56-53-49-45-40-34-26-18-10-2/h9-102H2,1-8H3. The van der Waals surface area contributed by atoms with Gasteiger partial charge in [-0.1, -0.05) is 608 Å². The van der Waals surface area contributed by atoms with Crippen LogP contribution >= 0.6 is 0 Å². The monoisotopic (exact) mass is 1470 g/mol. The van der Waals surface area contributed by atoms with E-state index in [1.165, 1.54) is 552 Å². The highest BCUT2D eigenvalue weighted by Gasteiger charge is 2.59. The molecule has 0 aromatic carbocycles. The van der Waals surface area contributed by atoms with Crippen LogP contribution in [0.4, 0.5) is 0 Å². The zero-order valence-corrected chi connectivity index (χ0v) is 76.0. The lowest BCUT2D eigenvalue weighted by Gasteiger charge is -2.64. The Balaban J connectivity index is 7.68. The Bertz CT molecular complexity index is 1520. The maximum Gasteiger partial charge on any atom is -0.0184 e. The summed E-state index contributed by atoms with van der Waals surface area (Å²) in [5.41, 5.74) is 1.42. The van der Waals surface area contributed by atoms with E-state index in [0.717, 1.165) is 0 Å². The van der Waals surface area contributed by atoms with Crippen LogP contribution in [0.3, 0.4) is 0 Å². The number of hydrogen-bond acceptors (Lipinski definition) is 0. The molecule has 0 rings (SSSR count). The quantitative estimate of drug-likeness (QED) is 0.0533. The van der Waals surface area contributed by atoms with Gasteiger partial charge in [0.05, 0.1) is 0 Å². The molecule has 0 amide bonds. The summed E-state index contributed by atoms with van der Waals surface area (Å²) in [5.74, 6) is 0. The minimum Gasteiger partial charge on any atom is -0.0654 e. The molecule has 632 valence electrons. The fraction of sp³-hybridized carbons (Fsp3) is 1.00. The molecule has 0 spiro atoms. The fourth-order valence-corrected chi connectivity index (χ4v) is 20.5. The predicted octanol–water partition coefficient (Wildman–Crippen LogP) is 40.8. The average molecular weight is 1470 g/mol. The van der Waals surface area contributed by atoms with Crippen molar-refractivity contribution in [2.24, 2.45) is 16.2 Å². The Labute approximate surface area is 671 Å². The second kappa shape index (κ2) is 88.0. The van der Waals surface area contributed by atoms with Crippen LogP contribution in [-0.4, -0.2) is 0 Å². The van der Waals surface area contributed by atoms with Crippen molar-refractivity contribution in [1.29, 1.82) is 0 Å². The van der Waals surface area contributed by atoms with Crippen LogP contribution in [0.5, 0.6) is 0 Å². The van der Waals surface area contributed by atoms with Gasteiger partial charge in [-0.3, -0.25) is 0 Å². The molecule has 0 fully saturated rings. The zero-order valence-electron chi connectivity index (χ0n) is 76.0. The van der Waals surface area contributed by atoms with Gasteiger partial charge >= 0.3 is 0 Å². The van der Waals surface area contributed by atoms with Crippen molar-refractivity contribution in [2.75, 3.05) is 0 Å². The molecule has 105 heavy (non-hydrogen) atoms. The van der Waals surface area contributed by atoms with E-state index in [-0.39, 0.29) is 0 Å². The highest BCUT2D eigenvalue weighted by atomic mass is 14.6. The van der Waals surface area contributed by atoms with Gasteiger partial charge in [0.1, 0.15) is 0 Å². The van der Waals surface area contributed by atoms with Crippen LogP contribution in [0.2, 0.25) is 0 Å². The molecule has 3 atom stereocenters. The van der Waals surface area contributed by atoms with E-state index in [1.54, 1.807) is 51.4 Å². The Morgan fingerprint density at radius 2 is 0.162 bits per heavy atom. The number of unbranched alkanes of at least 4 members (excludes halogenated alkanes) is 78. The predicted molar refractivity (Wildman–Crippen MR) is 487 cm³/mol. The second-order valence-corrected chi connectivity index (χ2v) is 37.2. The molecule has 0 aromatic rings. The normalized spacial score (nSPS) is 13.7. The lowest BCUT2D eigenvalue weighted by atomic mass is 9.41. The van der Waals surface area contributed by atoms with Crippen molar-refractivity contribution < 1.29 is 0 Å². The van der Waals surface area contributed by atoms with Crippen molar-refractivity contribution in [3.63, 3.8) is 0 Å². The van der Waals surface area contributed by atoms with E-state index >= 15 is 0 Å². The van der Waals surface area contributed by atoms with Crippen molar-refractivity contribution in [1.82, 2.24) is 0 Å². The van der Waals surface area contributed by atoms with E-state index in [2.05, 4.69) is 55.4 Å². The molecule has 0 aliphatic carbocycles. The van der Waals surface area contributed by atoms with Crippen LogP contribution in [-0.2, 0) is 0 Å². The van der Waals surface area contributed by atoms with Gasteiger partial charge in [-0.15, -0.1) is 0 Å². The molecular weight excluding hydrogens is 1260 g/mol. The molecule has 0 aromatic heterocycles. The smallest absolute Gasteiger partial charge is 0.0184 e. The summed E-state index contributed by atoms with van der Waals surface area (Å²) in [7, 11) is 0. The molecule has 0 heteroatoms. The van der Waals surface area contributed by atoms with E-state index in [4.69, 9.17) is 0 Å². The first kappa shape index (κ1) is 105. The molecule has 0 bridgehead atoms. The van der Waals surface area contributed by atoms with E-state index in [1.807, 2.05) is 0 Å². The maximum atomic E-state index is 2.51. The Kier molecular flexibility index (Phi) is 88.0. The van der Waals surface area contributed by atoms with Gasteiger partial charge in [0, 0.05) is 0 Å². The van der Waals surface area contributed by atoms with Crippen LogP contribution in [0.25, 0.3) is 0 Å². The average Bonchev–Trinajstić information content (AvgIpc) is 0.722. The molecule has 0 N–H and O–H groups in total. The molecule has 0 aliphatic heterocycles. The first-order valence-corrected chi connectivity index (χ1v) is 52.0. The summed E-state index contributed by atoms with van der Waals surface area (Å²) in [6.07, 6.45) is 140. The zero-order chi connectivity index (χ0) is 76.0. The Hall–Kier alpha value is 0. The SMILES string of the molecule is CCCCCCCCCCCCCCCCCCCCCC(CCCCCC)(CCCCCCC)C(CCCCCCCC)(CCCCCCCCCC)C(CCCCCCCCCCCCCC)(CCCCCCCCCCCCCCCC)CCCCCCCCCCCCCCCCCCCC. The maximum absolute atomic E-state index is 2.51. The Morgan fingerprint density at radius 1 is 0.0857 bits per heavy atom. The summed E-state index contributed by atoms with van der Waals surface area (Å²) in [4.78, 5) is 0. The van der Waals surface area contributed by atoms with Gasteiger partial charge in [-0.25, -0.2) is 0 Å². The van der Waals surface area contributed by atoms with Crippen molar-refractivity contribution in [2.45, 2.75) is 659 Å². The van der Waals surface area contributed by atoms with Crippen LogP contribution in [0.15, 0.2) is 0 Å². The van der Waals surface area contributed by atoms with Gasteiger partial charge in [0.2, 0.25) is 0 Å². The topological polar surface area (TPSA) is 0 Å². The molecule has 0 nitrogen and oxygen atoms in total. The van der Waals surface area contributed by atoms with Gasteiger partial charge in [0.25, 0.3) is 0 Å². The highest BCUT2D eigenvalue weighted by Crippen LogP contribution is 2.69. The van der Waals surface area contributed by atoms with Gasteiger partial charge in [0.15, 0.2) is 0 Å². The molecule has 0 heterocycles. The highest BCUT2D eigenvalue weighted by molar-refractivity contribution is 5.09. The largest absolute Gasteiger partial charge is 0.0654 e. The second-order valence-electron chi connectivity index (χ2n) is 37.2. The lowest BCUT2D eigenvalue weighted by molar-refractivity contribution is -0.140. The van der Waals surface area contributed by atoms with Gasteiger partial charge in [-0.2, -0.15) is 0 Å². The minimum atomic E-state index is 0.459. The first-order chi connectivity index (χ1) is 52.0. The van der Waals surface area contributed by atoms with E-state index < -0.39 is 0 Å². The third-order valence-electron chi connectivity index (χ3n) is 27.5. The summed E-state index contributed by atoms with van der Waals surface area (Å²) >= 11 is 0. The van der Waals surface area contributed by atoms with Crippen molar-refractivity contribution >= 4 is 0 Å². The molecule has 0 aliphatic rings. The third kappa shape index (κ3) is 66.0. The molecule has 0 radical (unpaired) electrons. The summed E-state index contributed by atoms with van der Waals surface area (Å²) in [6, 6.07) is 0. The molecule has 0 saturated heterocycles. The van der Waals surface area contributed by atoms with Crippen molar-refractivity contribution in [3.05, 3.63) is 0 Å². The Morgan fingerprint density at radius 3 is 0.267 bits per heavy atom. The summed E-state index contributed by atoms with van der Waals surface area (Å²) in [6.45, 7) is 19.3. The van der Waals surface area contributed by atoms with Gasteiger partial charge < -0.3 is 0 Å². The van der Waals surface area contributed by atoms with E-state index in [0.29, 0.717) is 16.2 Å². The molecular formula is C105H212. The number of rotatable bonds is 96.